The third-order valence-corrected chi connectivity index (χ3v) is 1.74. The normalized spacial score (nSPS) is 9.47. The largest absolute Gasteiger partial charge is 0.468 e. The van der Waals surface area contributed by atoms with Crippen LogP contribution in [-0.4, -0.2) is 30.5 Å². The summed E-state index contributed by atoms with van der Waals surface area (Å²) in [5.41, 5.74) is 1.04. The lowest BCUT2D eigenvalue weighted by molar-refractivity contribution is -0.139. The first-order chi connectivity index (χ1) is 7.13. The second-order valence-corrected chi connectivity index (χ2v) is 2.92. The van der Waals surface area contributed by atoms with Crippen LogP contribution in [0.1, 0.15) is 16.2 Å². The maximum Gasteiger partial charge on any atom is 0.325 e. The summed E-state index contributed by atoms with van der Waals surface area (Å²) in [6.45, 7) is 1.64. The van der Waals surface area contributed by atoms with Crippen LogP contribution in [0.3, 0.4) is 0 Å². The predicted octanol–water partition coefficient (Wildman–Crippen LogP) is 0.293. The van der Waals surface area contributed by atoms with E-state index in [0.717, 1.165) is 5.69 Å². The fourth-order valence-corrected chi connectivity index (χ4v) is 0.985. The lowest BCUT2D eigenvalue weighted by atomic mass is 10.3. The summed E-state index contributed by atoms with van der Waals surface area (Å²) in [7, 11) is 1.26. The highest BCUT2D eigenvalue weighted by molar-refractivity contribution is 5.94. The van der Waals surface area contributed by atoms with Crippen LogP contribution in [0.25, 0.3) is 0 Å². The number of amides is 1. The van der Waals surface area contributed by atoms with Crippen molar-refractivity contribution in [3.63, 3.8) is 0 Å². The van der Waals surface area contributed by atoms with E-state index in [1.54, 1.807) is 25.1 Å². The van der Waals surface area contributed by atoms with Gasteiger partial charge in [0, 0.05) is 5.69 Å². The van der Waals surface area contributed by atoms with E-state index in [0.29, 0.717) is 5.69 Å². The zero-order valence-corrected chi connectivity index (χ0v) is 8.61. The van der Waals surface area contributed by atoms with Crippen LogP contribution in [0, 0.1) is 6.92 Å². The molecule has 0 atom stereocenters. The molecule has 0 unspecified atom stereocenters. The van der Waals surface area contributed by atoms with Crippen molar-refractivity contribution in [2.24, 2.45) is 0 Å². The molecular weight excluding hydrogens is 196 g/mol. The monoisotopic (exact) mass is 208 g/mol. The van der Waals surface area contributed by atoms with Gasteiger partial charge in [0.2, 0.25) is 0 Å². The lowest BCUT2D eigenvalue weighted by Crippen LogP contribution is -2.30. The Hall–Kier alpha value is -1.91. The van der Waals surface area contributed by atoms with Gasteiger partial charge in [-0.05, 0) is 19.1 Å². The molecule has 5 nitrogen and oxygen atoms in total. The molecule has 80 valence electrons. The van der Waals surface area contributed by atoms with Gasteiger partial charge < -0.3 is 10.1 Å². The molecule has 0 saturated heterocycles. The van der Waals surface area contributed by atoms with Gasteiger partial charge in [0.15, 0.2) is 0 Å². The zero-order valence-electron chi connectivity index (χ0n) is 8.61. The molecule has 1 aromatic heterocycles. The highest BCUT2D eigenvalue weighted by atomic mass is 16.5. The number of rotatable bonds is 3. The van der Waals surface area contributed by atoms with E-state index in [-0.39, 0.29) is 12.5 Å². The van der Waals surface area contributed by atoms with E-state index in [4.69, 9.17) is 0 Å². The number of ether oxygens (including phenoxy) is 1. The van der Waals surface area contributed by atoms with E-state index in [1.807, 2.05) is 0 Å². The minimum absolute atomic E-state index is 0.148. The van der Waals surface area contributed by atoms with Crippen molar-refractivity contribution in [1.82, 2.24) is 10.3 Å². The fraction of sp³-hybridized carbons (Fsp3) is 0.300. The standard InChI is InChI=1S/C10H12N2O3/c1-7-4-3-5-8(12-7)10(14)11-6-9(13)15-2/h3-5H,6H2,1-2H3,(H,11,14). The first kappa shape index (κ1) is 11.2. The fourth-order valence-electron chi connectivity index (χ4n) is 0.985. The second-order valence-electron chi connectivity index (χ2n) is 2.92. The van der Waals surface area contributed by atoms with E-state index < -0.39 is 5.97 Å². The molecule has 1 N–H and O–H groups in total. The number of carbonyl (C=O) groups is 2. The van der Waals surface area contributed by atoms with E-state index in [9.17, 15) is 9.59 Å². The van der Waals surface area contributed by atoms with Crippen LogP contribution in [0.5, 0.6) is 0 Å². The van der Waals surface area contributed by atoms with Crippen LogP contribution in [-0.2, 0) is 9.53 Å². The Balaban J connectivity index is 2.58. The molecule has 0 bridgehead atoms. The molecule has 0 aromatic carbocycles. The number of aryl methyl sites for hydroxylation is 1. The number of nitrogens with one attached hydrogen (secondary N) is 1. The van der Waals surface area contributed by atoms with Crippen molar-refractivity contribution in [3.05, 3.63) is 29.6 Å². The molecular formula is C10H12N2O3. The minimum atomic E-state index is -0.490. The molecule has 0 aliphatic heterocycles. The summed E-state index contributed by atoms with van der Waals surface area (Å²) in [5, 5.41) is 2.40. The predicted molar refractivity (Wildman–Crippen MR) is 53.3 cm³/mol. The molecule has 5 heteroatoms. The van der Waals surface area contributed by atoms with Crippen LogP contribution in [0.15, 0.2) is 18.2 Å². The second kappa shape index (κ2) is 5.09. The van der Waals surface area contributed by atoms with Crippen molar-refractivity contribution < 1.29 is 14.3 Å². The molecule has 15 heavy (non-hydrogen) atoms. The maximum absolute atomic E-state index is 11.4. The molecule has 0 aliphatic rings. The van der Waals surface area contributed by atoms with Gasteiger partial charge in [0.05, 0.1) is 7.11 Å². The van der Waals surface area contributed by atoms with Crippen molar-refractivity contribution in [3.8, 4) is 0 Å². The third kappa shape index (κ3) is 3.38. The number of hydrogen-bond acceptors (Lipinski definition) is 4. The molecule has 0 radical (unpaired) electrons. The molecule has 1 aromatic rings. The average Bonchev–Trinajstić information content (AvgIpc) is 2.25. The molecule has 1 rings (SSSR count). The number of aromatic nitrogens is 1. The Labute approximate surface area is 87.5 Å². The Morgan fingerprint density at radius 2 is 2.20 bits per heavy atom. The minimum Gasteiger partial charge on any atom is -0.468 e. The summed E-state index contributed by atoms with van der Waals surface area (Å²) < 4.78 is 4.39. The van der Waals surface area contributed by atoms with Gasteiger partial charge in [0.1, 0.15) is 12.2 Å². The van der Waals surface area contributed by atoms with Gasteiger partial charge in [0.25, 0.3) is 5.91 Å². The Morgan fingerprint density at radius 3 is 2.80 bits per heavy atom. The third-order valence-electron chi connectivity index (χ3n) is 1.74. The van der Waals surface area contributed by atoms with Gasteiger partial charge in [-0.15, -0.1) is 0 Å². The Bertz CT molecular complexity index is 377. The number of esters is 1. The number of hydrogen-bond donors (Lipinski definition) is 1. The average molecular weight is 208 g/mol. The number of carbonyl (C=O) groups excluding carboxylic acids is 2. The maximum atomic E-state index is 11.4. The topological polar surface area (TPSA) is 68.3 Å². The number of pyridine rings is 1. The first-order valence-electron chi connectivity index (χ1n) is 4.42. The molecule has 0 aliphatic carbocycles. The van der Waals surface area contributed by atoms with E-state index in [1.165, 1.54) is 7.11 Å². The Morgan fingerprint density at radius 1 is 1.47 bits per heavy atom. The van der Waals surface area contributed by atoms with Crippen LogP contribution >= 0.6 is 0 Å². The highest BCUT2D eigenvalue weighted by Gasteiger charge is 2.08. The van der Waals surface area contributed by atoms with Crippen molar-refractivity contribution in [1.29, 1.82) is 0 Å². The van der Waals surface area contributed by atoms with Crippen LogP contribution in [0.2, 0.25) is 0 Å². The SMILES string of the molecule is COC(=O)CNC(=O)c1cccc(C)n1. The van der Waals surface area contributed by atoms with Crippen molar-refractivity contribution in [2.75, 3.05) is 13.7 Å². The molecule has 0 saturated carbocycles. The summed E-state index contributed by atoms with van der Waals surface area (Å²) >= 11 is 0. The van der Waals surface area contributed by atoms with Gasteiger partial charge in [-0.2, -0.15) is 0 Å². The molecule has 0 spiro atoms. The van der Waals surface area contributed by atoms with Crippen molar-refractivity contribution >= 4 is 11.9 Å². The number of nitrogens with zero attached hydrogens (tertiary/aromatic N) is 1. The summed E-state index contributed by atoms with van der Waals surface area (Å²) in [5.74, 6) is -0.875. The zero-order chi connectivity index (χ0) is 11.3. The lowest BCUT2D eigenvalue weighted by Gasteiger charge is -2.03. The first-order valence-corrected chi connectivity index (χ1v) is 4.42. The Kier molecular flexibility index (Phi) is 3.79. The quantitative estimate of drug-likeness (QED) is 0.725. The van der Waals surface area contributed by atoms with E-state index >= 15 is 0 Å². The smallest absolute Gasteiger partial charge is 0.325 e. The molecule has 0 fully saturated rings. The number of methoxy groups -OCH3 is 1. The van der Waals surface area contributed by atoms with Gasteiger partial charge in [-0.1, -0.05) is 6.07 Å². The van der Waals surface area contributed by atoms with E-state index in [2.05, 4.69) is 15.0 Å². The summed E-state index contributed by atoms with van der Waals surface area (Å²) in [6, 6.07) is 5.10. The van der Waals surface area contributed by atoms with Crippen molar-refractivity contribution in [2.45, 2.75) is 6.92 Å². The summed E-state index contributed by atoms with van der Waals surface area (Å²) in [6.07, 6.45) is 0. The molecule has 1 amide bonds. The van der Waals surface area contributed by atoms with Crippen LogP contribution in [0.4, 0.5) is 0 Å². The van der Waals surface area contributed by atoms with Gasteiger partial charge >= 0.3 is 5.97 Å². The highest BCUT2D eigenvalue weighted by Crippen LogP contribution is 1.97. The molecule has 1 heterocycles. The van der Waals surface area contributed by atoms with Crippen LogP contribution < -0.4 is 5.32 Å². The summed E-state index contributed by atoms with van der Waals surface area (Å²) in [4.78, 5) is 26.2. The van der Waals surface area contributed by atoms with Gasteiger partial charge in [-0.25, -0.2) is 4.98 Å². The van der Waals surface area contributed by atoms with Gasteiger partial charge in [-0.3, -0.25) is 9.59 Å².